The van der Waals surface area contributed by atoms with Gasteiger partial charge < -0.3 is 14.5 Å². The van der Waals surface area contributed by atoms with Gasteiger partial charge in [-0.25, -0.2) is 0 Å². The Bertz CT molecular complexity index is 527. The Morgan fingerprint density at radius 1 is 1.24 bits per heavy atom. The van der Waals surface area contributed by atoms with Crippen LogP contribution < -0.4 is 4.90 Å². The average Bonchev–Trinajstić information content (AvgIpc) is 2.95. The maximum absolute atomic E-state index is 9.95. The lowest BCUT2D eigenvalue weighted by Gasteiger charge is -2.25. The maximum atomic E-state index is 9.95. The molecule has 2 aromatic rings. The van der Waals surface area contributed by atoms with Crippen molar-refractivity contribution in [2.24, 2.45) is 0 Å². The van der Waals surface area contributed by atoms with Crippen molar-refractivity contribution in [1.29, 1.82) is 0 Å². The van der Waals surface area contributed by atoms with Gasteiger partial charge in [0.1, 0.15) is 0 Å². The number of anilines is 1. The monoisotopic (exact) mass is 289 g/mol. The first-order valence-electron chi connectivity index (χ1n) is 7.52. The van der Waals surface area contributed by atoms with Crippen LogP contribution in [0.25, 0.3) is 0 Å². The van der Waals surface area contributed by atoms with Gasteiger partial charge in [0.15, 0.2) is 5.82 Å². The molecule has 2 rings (SSSR count). The highest BCUT2D eigenvalue weighted by Crippen LogP contribution is 2.17. The van der Waals surface area contributed by atoms with Crippen molar-refractivity contribution in [2.75, 3.05) is 11.4 Å². The van der Waals surface area contributed by atoms with Crippen LogP contribution in [0.1, 0.15) is 38.4 Å². The summed E-state index contributed by atoms with van der Waals surface area (Å²) in [6.07, 6.45) is 2.17. The normalized spacial score (nSPS) is 12.3. The third-order valence-electron chi connectivity index (χ3n) is 3.33. The topological polar surface area (TPSA) is 62.4 Å². The summed E-state index contributed by atoms with van der Waals surface area (Å²) < 4.78 is 5.30. The van der Waals surface area contributed by atoms with Gasteiger partial charge >= 0.3 is 0 Å². The molecule has 1 aromatic heterocycles. The number of benzene rings is 1. The number of hydrogen-bond acceptors (Lipinski definition) is 5. The number of para-hydroxylation sites is 1. The van der Waals surface area contributed by atoms with Gasteiger partial charge in [0.25, 0.3) is 0 Å². The first-order valence-corrected chi connectivity index (χ1v) is 7.52. The first kappa shape index (κ1) is 15.5. The summed E-state index contributed by atoms with van der Waals surface area (Å²) in [4.78, 5) is 6.46. The Morgan fingerprint density at radius 3 is 2.67 bits per heavy atom. The molecule has 0 bridgehead atoms. The van der Waals surface area contributed by atoms with Crippen molar-refractivity contribution in [3.63, 3.8) is 0 Å². The summed E-state index contributed by atoms with van der Waals surface area (Å²) in [6, 6.07) is 9.98. The van der Waals surface area contributed by atoms with Crippen molar-refractivity contribution in [3.05, 3.63) is 42.0 Å². The van der Waals surface area contributed by atoms with Gasteiger partial charge in [-0.05, 0) is 25.0 Å². The van der Waals surface area contributed by atoms with Crippen LogP contribution in [0.15, 0.2) is 34.9 Å². The Labute approximate surface area is 125 Å². The molecule has 1 unspecified atom stereocenters. The Hall–Kier alpha value is -1.88. The fraction of sp³-hybridized carbons (Fsp3) is 0.500. The number of rotatable bonds is 8. The van der Waals surface area contributed by atoms with Gasteiger partial charge in [0.05, 0.1) is 12.6 Å². The molecule has 0 saturated carbocycles. The van der Waals surface area contributed by atoms with E-state index in [1.165, 1.54) is 0 Å². The molecule has 21 heavy (non-hydrogen) atoms. The van der Waals surface area contributed by atoms with E-state index in [1.807, 2.05) is 37.3 Å². The number of aliphatic hydroxyl groups is 1. The average molecular weight is 289 g/mol. The fourth-order valence-corrected chi connectivity index (χ4v) is 2.13. The molecule has 0 aliphatic rings. The molecular weight excluding hydrogens is 266 g/mol. The molecule has 5 heteroatoms. The number of nitrogens with zero attached hydrogens (tertiary/aromatic N) is 3. The van der Waals surface area contributed by atoms with Crippen LogP contribution in [-0.2, 0) is 13.0 Å². The molecular formula is C16H23N3O2. The quantitative estimate of drug-likeness (QED) is 0.809. The molecule has 0 radical (unpaired) electrons. The molecule has 0 aliphatic carbocycles. The minimum Gasteiger partial charge on any atom is -0.391 e. The summed E-state index contributed by atoms with van der Waals surface area (Å²) in [5.41, 5.74) is 1.04. The molecule has 0 aliphatic heterocycles. The van der Waals surface area contributed by atoms with E-state index in [2.05, 4.69) is 22.0 Å². The lowest BCUT2D eigenvalue weighted by Crippen LogP contribution is -2.31. The molecule has 1 N–H and O–H groups in total. The predicted octanol–water partition coefficient (Wildman–Crippen LogP) is 2.80. The summed E-state index contributed by atoms with van der Waals surface area (Å²) >= 11 is 0. The molecule has 114 valence electrons. The van der Waals surface area contributed by atoms with E-state index in [1.54, 1.807) is 0 Å². The largest absolute Gasteiger partial charge is 0.391 e. The Kier molecular flexibility index (Phi) is 5.75. The lowest BCUT2D eigenvalue weighted by atomic mass is 10.2. The van der Waals surface area contributed by atoms with Crippen LogP contribution >= 0.6 is 0 Å². The van der Waals surface area contributed by atoms with Gasteiger partial charge in [-0.2, -0.15) is 4.98 Å². The molecule has 0 amide bonds. The molecule has 5 nitrogen and oxygen atoms in total. The zero-order chi connectivity index (χ0) is 15.1. The van der Waals surface area contributed by atoms with Gasteiger partial charge in [0, 0.05) is 18.7 Å². The second-order valence-electron chi connectivity index (χ2n) is 5.13. The molecule has 0 fully saturated rings. The summed E-state index contributed by atoms with van der Waals surface area (Å²) in [5.74, 6) is 1.34. The van der Waals surface area contributed by atoms with E-state index in [9.17, 15) is 5.11 Å². The number of aromatic nitrogens is 2. The van der Waals surface area contributed by atoms with Crippen molar-refractivity contribution in [1.82, 2.24) is 10.1 Å². The fourth-order valence-electron chi connectivity index (χ4n) is 2.13. The van der Waals surface area contributed by atoms with E-state index in [0.717, 1.165) is 24.4 Å². The van der Waals surface area contributed by atoms with Crippen LogP contribution in [0.4, 0.5) is 5.69 Å². The standard InChI is InChI=1S/C16H23N3O2/c1-3-8-15-17-16(21-18-15)12-19(11-14(20)4-2)13-9-6-5-7-10-13/h5-7,9-10,14,20H,3-4,8,11-12H2,1-2H3. The van der Waals surface area contributed by atoms with Crippen LogP contribution in [-0.4, -0.2) is 27.9 Å². The second kappa shape index (κ2) is 7.78. The van der Waals surface area contributed by atoms with Crippen LogP contribution in [0, 0.1) is 0 Å². The Morgan fingerprint density at radius 2 is 2.00 bits per heavy atom. The van der Waals surface area contributed by atoms with E-state index < -0.39 is 0 Å². The second-order valence-corrected chi connectivity index (χ2v) is 5.13. The summed E-state index contributed by atoms with van der Waals surface area (Å²) in [7, 11) is 0. The first-order chi connectivity index (χ1) is 10.2. The predicted molar refractivity (Wildman–Crippen MR) is 82.1 cm³/mol. The lowest BCUT2D eigenvalue weighted by molar-refractivity contribution is 0.174. The summed E-state index contributed by atoms with van der Waals surface area (Å²) in [6.45, 7) is 5.12. The van der Waals surface area contributed by atoms with E-state index >= 15 is 0 Å². The summed E-state index contributed by atoms with van der Waals surface area (Å²) in [5, 5.41) is 13.9. The van der Waals surface area contributed by atoms with Crippen molar-refractivity contribution in [3.8, 4) is 0 Å². The highest BCUT2D eigenvalue weighted by Gasteiger charge is 2.15. The zero-order valence-corrected chi connectivity index (χ0v) is 12.7. The SMILES string of the molecule is CCCc1noc(CN(CC(O)CC)c2ccccc2)n1. The Balaban J connectivity index is 2.11. The van der Waals surface area contributed by atoms with Gasteiger partial charge in [-0.3, -0.25) is 0 Å². The van der Waals surface area contributed by atoms with Crippen molar-refractivity contribution in [2.45, 2.75) is 45.8 Å². The van der Waals surface area contributed by atoms with Crippen molar-refractivity contribution >= 4 is 5.69 Å². The highest BCUT2D eigenvalue weighted by molar-refractivity contribution is 5.46. The van der Waals surface area contributed by atoms with Gasteiger partial charge in [-0.1, -0.05) is 37.2 Å². The zero-order valence-electron chi connectivity index (χ0n) is 12.7. The molecule has 1 aromatic carbocycles. The number of hydrogen-bond donors (Lipinski definition) is 1. The third kappa shape index (κ3) is 4.56. The number of aryl methyl sites for hydroxylation is 1. The van der Waals surface area contributed by atoms with Crippen LogP contribution in [0.2, 0.25) is 0 Å². The van der Waals surface area contributed by atoms with E-state index in [4.69, 9.17) is 4.52 Å². The van der Waals surface area contributed by atoms with E-state index in [-0.39, 0.29) is 6.10 Å². The van der Waals surface area contributed by atoms with Crippen molar-refractivity contribution < 1.29 is 9.63 Å². The smallest absolute Gasteiger partial charge is 0.246 e. The van der Waals surface area contributed by atoms with Crippen LogP contribution in [0.3, 0.4) is 0 Å². The van der Waals surface area contributed by atoms with Gasteiger partial charge in [-0.15, -0.1) is 0 Å². The highest BCUT2D eigenvalue weighted by atomic mass is 16.5. The van der Waals surface area contributed by atoms with Gasteiger partial charge in [0.2, 0.25) is 5.89 Å². The molecule has 0 spiro atoms. The molecule has 1 heterocycles. The third-order valence-corrected chi connectivity index (χ3v) is 3.33. The number of aliphatic hydroxyl groups excluding tert-OH is 1. The minimum atomic E-state index is -0.372. The minimum absolute atomic E-state index is 0.372. The van der Waals surface area contributed by atoms with Crippen LogP contribution in [0.5, 0.6) is 0 Å². The van der Waals surface area contributed by atoms with E-state index in [0.29, 0.717) is 25.4 Å². The molecule has 1 atom stereocenters. The maximum Gasteiger partial charge on any atom is 0.246 e. The molecule has 0 saturated heterocycles.